The third-order valence-electron chi connectivity index (χ3n) is 5.70. The monoisotopic (exact) mass is 422 g/mol. The summed E-state index contributed by atoms with van der Waals surface area (Å²) in [5.74, 6) is -0.260. The number of rotatable bonds is 5. The number of nitrogens with zero attached hydrogens (tertiary/aromatic N) is 4. The predicted molar refractivity (Wildman–Crippen MR) is 125 cm³/mol. The third kappa shape index (κ3) is 3.89. The summed E-state index contributed by atoms with van der Waals surface area (Å²) in [5, 5.41) is 0. The van der Waals surface area contributed by atoms with Gasteiger partial charge < -0.3 is 0 Å². The van der Waals surface area contributed by atoms with Crippen LogP contribution in [0.5, 0.6) is 0 Å². The Morgan fingerprint density at radius 2 is 1.69 bits per heavy atom. The summed E-state index contributed by atoms with van der Waals surface area (Å²) in [6.07, 6.45) is 8.93. The molecule has 0 fully saturated rings. The van der Waals surface area contributed by atoms with Crippen LogP contribution in [0, 0.1) is 19.7 Å². The SMILES string of the molecule is Cc1cccc(-c2ncc(CCc3nccn4c(-c5cccc(F)c5)cnc34)cc2C)c1. The molecule has 5 heteroatoms. The fourth-order valence-electron chi connectivity index (χ4n) is 4.14. The van der Waals surface area contributed by atoms with E-state index < -0.39 is 0 Å². The predicted octanol–water partition coefficient (Wildman–Crippen LogP) is 6.00. The lowest BCUT2D eigenvalue weighted by molar-refractivity contribution is 0.628. The maximum absolute atomic E-state index is 13.7. The van der Waals surface area contributed by atoms with Gasteiger partial charge >= 0.3 is 0 Å². The van der Waals surface area contributed by atoms with Crippen molar-refractivity contribution in [3.8, 4) is 22.5 Å². The van der Waals surface area contributed by atoms with E-state index in [0.717, 1.165) is 52.3 Å². The fraction of sp³-hybridized carbons (Fsp3) is 0.148. The van der Waals surface area contributed by atoms with Gasteiger partial charge in [0.2, 0.25) is 0 Å². The van der Waals surface area contributed by atoms with Crippen molar-refractivity contribution in [2.24, 2.45) is 0 Å². The Bertz CT molecular complexity index is 1420. The number of imidazole rings is 1. The van der Waals surface area contributed by atoms with E-state index in [-0.39, 0.29) is 5.82 Å². The molecule has 0 amide bonds. The smallest absolute Gasteiger partial charge is 0.159 e. The number of hydrogen-bond donors (Lipinski definition) is 0. The molecule has 0 bridgehead atoms. The van der Waals surface area contributed by atoms with Crippen LogP contribution < -0.4 is 0 Å². The topological polar surface area (TPSA) is 43.1 Å². The maximum Gasteiger partial charge on any atom is 0.159 e. The van der Waals surface area contributed by atoms with Crippen LogP contribution in [0.25, 0.3) is 28.2 Å². The standard InChI is InChI=1S/C27H23FN4/c1-18-5-3-7-22(13-18)26-19(2)14-20(16-30-26)9-10-24-27-31-17-25(32(27)12-11-29-24)21-6-4-8-23(28)15-21/h3-8,11-17H,9-10H2,1-2H3. The van der Waals surface area contributed by atoms with Crippen LogP contribution in [0.15, 0.2) is 79.4 Å². The lowest BCUT2D eigenvalue weighted by Crippen LogP contribution is -2.01. The fourth-order valence-corrected chi connectivity index (χ4v) is 4.14. The van der Waals surface area contributed by atoms with Crippen LogP contribution >= 0.6 is 0 Å². The van der Waals surface area contributed by atoms with Crippen molar-refractivity contribution < 1.29 is 4.39 Å². The Kier molecular flexibility index (Phi) is 5.23. The van der Waals surface area contributed by atoms with Gasteiger partial charge in [-0.25, -0.2) is 9.37 Å². The van der Waals surface area contributed by atoms with E-state index in [1.165, 1.54) is 23.3 Å². The highest BCUT2D eigenvalue weighted by atomic mass is 19.1. The van der Waals surface area contributed by atoms with Crippen molar-refractivity contribution in [2.75, 3.05) is 0 Å². The summed E-state index contributed by atoms with van der Waals surface area (Å²) >= 11 is 0. The Morgan fingerprint density at radius 1 is 0.844 bits per heavy atom. The van der Waals surface area contributed by atoms with Gasteiger partial charge in [-0.3, -0.25) is 14.4 Å². The molecule has 0 unspecified atom stereocenters. The zero-order valence-electron chi connectivity index (χ0n) is 18.1. The van der Waals surface area contributed by atoms with E-state index in [9.17, 15) is 4.39 Å². The molecule has 3 aromatic heterocycles. The highest BCUT2D eigenvalue weighted by Crippen LogP contribution is 2.25. The van der Waals surface area contributed by atoms with E-state index in [4.69, 9.17) is 4.98 Å². The molecular formula is C27H23FN4. The first-order chi connectivity index (χ1) is 15.6. The molecule has 4 nitrogen and oxygen atoms in total. The van der Waals surface area contributed by atoms with E-state index in [1.807, 2.05) is 22.9 Å². The molecule has 0 spiro atoms. The second-order valence-electron chi connectivity index (χ2n) is 8.10. The number of halogens is 1. The first-order valence-electron chi connectivity index (χ1n) is 10.7. The van der Waals surface area contributed by atoms with E-state index in [1.54, 1.807) is 18.5 Å². The van der Waals surface area contributed by atoms with E-state index in [2.05, 4.69) is 54.1 Å². The lowest BCUT2D eigenvalue weighted by atomic mass is 10.0. The van der Waals surface area contributed by atoms with Crippen molar-refractivity contribution in [1.29, 1.82) is 0 Å². The van der Waals surface area contributed by atoms with E-state index >= 15 is 0 Å². The van der Waals surface area contributed by atoms with Gasteiger partial charge in [0.15, 0.2) is 5.65 Å². The van der Waals surface area contributed by atoms with Crippen LogP contribution in [0.4, 0.5) is 4.39 Å². The van der Waals surface area contributed by atoms with Crippen LogP contribution in [0.2, 0.25) is 0 Å². The molecule has 0 saturated carbocycles. The van der Waals surface area contributed by atoms with Gasteiger partial charge in [0.25, 0.3) is 0 Å². The molecule has 3 heterocycles. The van der Waals surface area contributed by atoms with Crippen molar-refractivity contribution >= 4 is 5.65 Å². The molecule has 0 aliphatic heterocycles. The van der Waals surface area contributed by atoms with Crippen molar-refractivity contribution in [2.45, 2.75) is 26.7 Å². The van der Waals surface area contributed by atoms with E-state index in [0.29, 0.717) is 0 Å². The summed E-state index contributed by atoms with van der Waals surface area (Å²) in [6, 6.07) is 17.2. The number of aromatic nitrogens is 4. The molecule has 32 heavy (non-hydrogen) atoms. The molecule has 5 rings (SSSR count). The van der Waals surface area contributed by atoms with Gasteiger partial charge in [-0.05, 0) is 56.0 Å². The highest BCUT2D eigenvalue weighted by Gasteiger charge is 2.12. The molecule has 0 aliphatic carbocycles. The van der Waals surface area contributed by atoms with Gasteiger partial charge in [-0.15, -0.1) is 0 Å². The zero-order valence-corrected chi connectivity index (χ0v) is 18.1. The number of aryl methyl sites for hydroxylation is 4. The minimum Gasteiger partial charge on any atom is -0.297 e. The summed E-state index contributed by atoms with van der Waals surface area (Å²) in [5.41, 5.74) is 9.07. The minimum absolute atomic E-state index is 0.260. The summed E-state index contributed by atoms with van der Waals surface area (Å²) < 4.78 is 15.7. The quantitative estimate of drug-likeness (QED) is 0.349. The maximum atomic E-state index is 13.7. The Labute approximate surface area is 186 Å². The summed E-state index contributed by atoms with van der Waals surface area (Å²) in [6.45, 7) is 4.20. The second kappa shape index (κ2) is 8.35. The van der Waals surface area contributed by atoms with Crippen LogP contribution in [-0.2, 0) is 12.8 Å². The summed E-state index contributed by atoms with van der Waals surface area (Å²) in [7, 11) is 0. The largest absolute Gasteiger partial charge is 0.297 e. The molecule has 0 radical (unpaired) electrons. The summed E-state index contributed by atoms with van der Waals surface area (Å²) in [4.78, 5) is 13.9. The second-order valence-corrected chi connectivity index (χ2v) is 8.10. The van der Waals surface area contributed by atoms with Gasteiger partial charge in [-0.2, -0.15) is 0 Å². The van der Waals surface area contributed by atoms with Gasteiger partial charge in [-0.1, -0.05) is 42.0 Å². The molecular weight excluding hydrogens is 399 g/mol. The average Bonchev–Trinajstić information content (AvgIpc) is 3.22. The Morgan fingerprint density at radius 3 is 2.50 bits per heavy atom. The molecule has 158 valence electrons. The molecule has 0 atom stereocenters. The third-order valence-corrected chi connectivity index (χ3v) is 5.70. The zero-order chi connectivity index (χ0) is 22.1. The first-order valence-corrected chi connectivity index (χ1v) is 10.7. The minimum atomic E-state index is -0.260. The normalized spacial score (nSPS) is 11.2. The van der Waals surface area contributed by atoms with Crippen molar-refractivity contribution in [3.05, 3.63) is 108 Å². The number of fused-ring (bicyclic) bond motifs is 1. The van der Waals surface area contributed by atoms with Gasteiger partial charge in [0.1, 0.15) is 5.82 Å². The number of hydrogen-bond acceptors (Lipinski definition) is 3. The molecule has 0 N–H and O–H groups in total. The molecule has 2 aromatic carbocycles. The van der Waals surface area contributed by atoms with Crippen molar-refractivity contribution in [3.63, 3.8) is 0 Å². The number of pyridine rings is 1. The number of benzene rings is 2. The van der Waals surface area contributed by atoms with Crippen LogP contribution in [0.3, 0.4) is 0 Å². The average molecular weight is 423 g/mol. The molecule has 0 saturated heterocycles. The first kappa shape index (κ1) is 20.1. The Hall–Kier alpha value is -3.86. The van der Waals surface area contributed by atoms with Gasteiger partial charge in [0.05, 0.1) is 23.3 Å². The van der Waals surface area contributed by atoms with Crippen LogP contribution in [-0.4, -0.2) is 19.4 Å². The highest BCUT2D eigenvalue weighted by molar-refractivity contribution is 5.65. The molecule has 5 aromatic rings. The Balaban J connectivity index is 1.39. The van der Waals surface area contributed by atoms with Gasteiger partial charge in [0, 0.05) is 29.7 Å². The van der Waals surface area contributed by atoms with Crippen molar-refractivity contribution in [1.82, 2.24) is 19.4 Å². The lowest BCUT2D eigenvalue weighted by Gasteiger charge is -2.09. The van der Waals surface area contributed by atoms with Crippen LogP contribution in [0.1, 0.15) is 22.4 Å². The molecule has 0 aliphatic rings.